The molecule has 0 aromatic carbocycles. The van der Waals surface area contributed by atoms with E-state index in [0.29, 0.717) is 6.54 Å². The Bertz CT molecular complexity index is 697. The van der Waals surface area contributed by atoms with E-state index >= 15 is 0 Å². The molecule has 1 aliphatic carbocycles. The molecule has 1 saturated carbocycles. The Morgan fingerprint density at radius 1 is 1.24 bits per heavy atom. The highest BCUT2D eigenvalue weighted by Gasteiger charge is 2.54. The summed E-state index contributed by atoms with van der Waals surface area (Å²) in [5.41, 5.74) is 1.00. The first kappa shape index (κ1) is 12.4. The first-order chi connectivity index (χ1) is 10.2. The predicted octanol–water partition coefficient (Wildman–Crippen LogP) is 1.70. The van der Waals surface area contributed by atoms with E-state index < -0.39 is 5.54 Å². The first-order valence-corrected chi connectivity index (χ1v) is 7.25. The maximum atomic E-state index is 12.2. The number of imide groups is 1. The molecule has 2 fully saturated rings. The zero-order chi connectivity index (χ0) is 14.4. The number of hydrogen-bond donors (Lipinski definition) is 1. The molecule has 0 unspecified atom stereocenters. The van der Waals surface area contributed by atoms with E-state index in [-0.39, 0.29) is 11.9 Å². The third kappa shape index (κ3) is 1.75. The molecule has 6 nitrogen and oxygen atoms in total. The summed E-state index contributed by atoms with van der Waals surface area (Å²) in [5.74, 6) is -0.145. The Hall–Kier alpha value is -2.37. The molecule has 1 spiro atoms. The number of rotatable bonds is 2. The zero-order valence-corrected chi connectivity index (χ0v) is 11.6. The normalized spacial score (nSPS) is 20.7. The van der Waals surface area contributed by atoms with Gasteiger partial charge in [0.25, 0.3) is 5.91 Å². The van der Waals surface area contributed by atoms with Gasteiger partial charge in [0.05, 0.1) is 12.2 Å². The molecule has 0 bridgehead atoms. The highest BCUT2D eigenvalue weighted by atomic mass is 16.2. The van der Waals surface area contributed by atoms with E-state index in [1.165, 1.54) is 0 Å². The molecule has 1 saturated heterocycles. The highest BCUT2D eigenvalue weighted by Crippen LogP contribution is 2.39. The quantitative estimate of drug-likeness (QED) is 0.854. The molecule has 0 atom stereocenters. The molecule has 3 heterocycles. The van der Waals surface area contributed by atoms with Crippen molar-refractivity contribution in [3.63, 3.8) is 0 Å². The molecule has 3 amide bonds. The number of hydrogen-bond acceptors (Lipinski definition) is 3. The lowest BCUT2D eigenvalue weighted by Gasteiger charge is -2.30. The molecule has 1 N–H and O–H groups in total. The van der Waals surface area contributed by atoms with E-state index in [0.717, 1.165) is 37.0 Å². The highest BCUT2D eigenvalue weighted by molar-refractivity contribution is 6.07. The molecule has 2 aliphatic rings. The minimum atomic E-state index is -0.646. The number of imidazole rings is 1. The second-order valence-electron chi connectivity index (χ2n) is 5.78. The van der Waals surface area contributed by atoms with Crippen LogP contribution in [0.2, 0.25) is 0 Å². The van der Waals surface area contributed by atoms with Gasteiger partial charge in [-0.1, -0.05) is 18.9 Å². The van der Waals surface area contributed by atoms with Gasteiger partial charge in [0.15, 0.2) is 0 Å². The Balaban J connectivity index is 1.68. The van der Waals surface area contributed by atoms with E-state index in [1.54, 1.807) is 4.90 Å². The lowest BCUT2D eigenvalue weighted by atomic mass is 9.96. The Labute approximate surface area is 121 Å². The molecule has 0 radical (unpaired) electrons. The van der Waals surface area contributed by atoms with Gasteiger partial charge in [0, 0.05) is 12.4 Å². The zero-order valence-electron chi connectivity index (χ0n) is 11.6. The molecule has 1 aliphatic heterocycles. The van der Waals surface area contributed by atoms with Gasteiger partial charge >= 0.3 is 6.03 Å². The van der Waals surface area contributed by atoms with Crippen LogP contribution in [0.3, 0.4) is 0 Å². The van der Waals surface area contributed by atoms with Gasteiger partial charge in [0.2, 0.25) is 0 Å². The monoisotopic (exact) mass is 284 g/mol. The van der Waals surface area contributed by atoms with Crippen LogP contribution < -0.4 is 5.32 Å². The van der Waals surface area contributed by atoms with Crippen LogP contribution in [0.15, 0.2) is 30.6 Å². The fourth-order valence-corrected chi connectivity index (χ4v) is 3.50. The Morgan fingerprint density at radius 2 is 2.05 bits per heavy atom. The molecular weight excluding hydrogens is 268 g/mol. The maximum absolute atomic E-state index is 12.2. The second kappa shape index (κ2) is 4.31. The number of nitrogens with one attached hydrogen (secondary N) is 1. The summed E-state index contributed by atoms with van der Waals surface area (Å²) in [5, 5.41) is 2.47. The molecule has 108 valence electrons. The van der Waals surface area contributed by atoms with Crippen molar-refractivity contribution in [2.24, 2.45) is 0 Å². The average molecular weight is 284 g/mol. The summed E-state index contributed by atoms with van der Waals surface area (Å²) in [7, 11) is 0. The summed E-state index contributed by atoms with van der Waals surface area (Å²) in [6, 6.07) is 5.49. The van der Waals surface area contributed by atoms with Crippen LogP contribution in [-0.4, -0.2) is 31.8 Å². The third-order valence-electron chi connectivity index (χ3n) is 4.57. The SMILES string of the molecule is O=C1NC(=O)C2(CCCC2)N1Cc1cn2ccccc2n1. The van der Waals surface area contributed by atoms with Crippen LogP contribution in [0.4, 0.5) is 4.79 Å². The van der Waals surface area contributed by atoms with Crippen molar-refractivity contribution in [3.8, 4) is 0 Å². The number of fused-ring (bicyclic) bond motifs is 1. The van der Waals surface area contributed by atoms with Crippen LogP contribution in [0, 0.1) is 0 Å². The standard InChI is InChI=1S/C15H16N4O2/c20-13-15(6-2-3-7-15)19(14(21)17-13)10-11-9-18-8-4-1-5-12(18)16-11/h1,4-5,8-9H,2-3,6-7,10H2,(H,17,20,21). The summed E-state index contributed by atoms with van der Waals surface area (Å²) < 4.78 is 1.92. The van der Waals surface area contributed by atoms with Crippen molar-refractivity contribution < 1.29 is 9.59 Å². The lowest BCUT2D eigenvalue weighted by molar-refractivity contribution is -0.126. The van der Waals surface area contributed by atoms with Crippen molar-refractivity contribution in [1.82, 2.24) is 19.6 Å². The van der Waals surface area contributed by atoms with E-state index in [1.807, 2.05) is 35.0 Å². The van der Waals surface area contributed by atoms with E-state index in [4.69, 9.17) is 0 Å². The predicted molar refractivity (Wildman–Crippen MR) is 75.5 cm³/mol. The Kier molecular flexibility index (Phi) is 2.54. The van der Waals surface area contributed by atoms with Crippen LogP contribution in [0.25, 0.3) is 5.65 Å². The topological polar surface area (TPSA) is 66.7 Å². The molecular formula is C15H16N4O2. The minimum Gasteiger partial charge on any atom is -0.307 e. The van der Waals surface area contributed by atoms with Crippen molar-refractivity contribution in [3.05, 3.63) is 36.3 Å². The summed E-state index contributed by atoms with van der Waals surface area (Å²) >= 11 is 0. The maximum Gasteiger partial charge on any atom is 0.325 e. The number of carbonyl (C=O) groups excluding carboxylic acids is 2. The number of aromatic nitrogens is 2. The van der Waals surface area contributed by atoms with Gasteiger partial charge in [-0.2, -0.15) is 0 Å². The smallest absolute Gasteiger partial charge is 0.307 e. The molecule has 2 aromatic heterocycles. The number of nitrogens with zero attached hydrogens (tertiary/aromatic N) is 3. The second-order valence-corrected chi connectivity index (χ2v) is 5.78. The molecule has 6 heteroatoms. The van der Waals surface area contributed by atoms with E-state index in [9.17, 15) is 9.59 Å². The van der Waals surface area contributed by atoms with Crippen LogP contribution in [0.5, 0.6) is 0 Å². The number of carbonyl (C=O) groups is 2. The molecule has 2 aromatic rings. The average Bonchev–Trinajstić information content (AvgIpc) is 3.15. The van der Waals surface area contributed by atoms with Crippen molar-refractivity contribution >= 4 is 17.6 Å². The molecule has 4 rings (SSSR count). The van der Waals surface area contributed by atoms with Crippen molar-refractivity contribution in [2.75, 3.05) is 0 Å². The third-order valence-corrected chi connectivity index (χ3v) is 4.57. The number of urea groups is 1. The van der Waals surface area contributed by atoms with Gasteiger partial charge in [-0.05, 0) is 25.0 Å². The van der Waals surface area contributed by atoms with E-state index in [2.05, 4.69) is 10.3 Å². The summed E-state index contributed by atoms with van der Waals surface area (Å²) in [4.78, 5) is 30.5. The molecule has 21 heavy (non-hydrogen) atoms. The Morgan fingerprint density at radius 3 is 2.81 bits per heavy atom. The van der Waals surface area contributed by atoms with Gasteiger partial charge in [-0.15, -0.1) is 0 Å². The van der Waals surface area contributed by atoms with Crippen LogP contribution in [0.1, 0.15) is 31.4 Å². The van der Waals surface area contributed by atoms with Crippen molar-refractivity contribution in [2.45, 2.75) is 37.8 Å². The number of amides is 3. The summed E-state index contributed by atoms with van der Waals surface area (Å²) in [6.07, 6.45) is 7.31. The summed E-state index contributed by atoms with van der Waals surface area (Å²) in [6.45, 7) is 0.374. The van der Waals surface area contributed by atoms with Crippen molar-refractivity contribution in [1.29, 1.82) is 0 Å². The van der Waals surface area contributed by atoms with Gasteiger partial charge in [0.1, 0.15) is 11.2 Å². The van der Waals surface area contributed by atoms with Crippen LogP contribution >= 0.6 is 0 Å². The number of pyridine rings is 1. The fourth-order valence-electron chi connectivity index (χ4n) is 3.50. The fraction of sp³-hybridized carbons (Fsp3) is 0.400. The lowest BCUT2D eigenvalue weighted by Crippen LogP contribution is -2.46. The minimum absolute atomic E-state index is 0.145. The van der Waals surface area contributed by atoms with Crippen LogP contribution in [-0.2, 0) is 11.3 Å². The largest absolute Gasteiger partial charge is 0.325 e. The van der Waals surface area contributed by atoms with Gasteiger partial charge in [-0.3, -0.25) is 10.1 Å². The first-order valence-electron chi connectivity index (χ1n) is 7.25. The van der Waals surface area contributed by atoms with Gasteiger partial charge < -0.3 is 9.30 Å². The van der Waals surface area contributed by atoms with Gasteiger partial charge in [-0.25, -0.2) is 9.78 Å².